The number of halogens is 3. The molecule has 1 rings (SSSR count). The van der Waals surface area contributed by atoms with Crippen LogP contribution in [0.4, 0.5) is 13.2 Å². The second-order valence-electron chi connectivity index (χ2n) is 2.50. The minimum atomic E-state index is -4.47. The summed E-state index contributed by atoms with van der Waals surface area (Å²) in [5.74, 6) is -0.544. The van der Waals surface area contributed by atoms with Gasteiger partial charge in [-0.15, -0.1) is 0 Å². The fourth-order valence-corrected chi connectivity index (χ4v) is 0.874. The smallest absolute Gasteiger partial charge is 0.416 e. The van der Waals surface area contributed by atoms with Crippen LogP contribution in [0.3, 0.4) is 0 Å². The zero-order valence-corrected chi connectivity index (χ0v) is 6.47. The van der Waals surface area contributed by atoms with E-state index in [4.69, 9.17) is 10.1 Å². The molecule has 0 aliphatic rings. The number of phenols is 1. The molecular weight excluding hydrogens is 184 g/mol. The number of hydrogen-bond donors (Lipinski definition) is 2. The molecule has 0 saturated carbocycles. The van der Waals surface area contributed by atoms with Crippen LogP contribution < -0.4 is 5.46 Å². The van der Waals surface area contributed by atoms with Crippen molar-refractivity contribution in [1.82, 2.24) is 0 Å². The molecule has 70 valence electrons. The first-order valence-electron chi connectivity index (χ1n) is 3.45. The van der Waals surface area contributed by atoms with E-state index in [0.717, 1.165) is 12.1 Å². The molecule has 0 aromatic heterocycles. The fraction of sp³-hybridized carbons (Fsp3) is 0.143. The summed E-state index contributed by atoms with van der Waals surface area (Å²) in [5, 5.41) is 17.6. The average molecular weight is 190 g/mol. The monoisotopic (exact) mass is 190 g/mol. The molecule has 0 atom stereocenters. The Morgan fingerprint density at radius 2 is 1.85 bits per heavy atom. The summed E-state index contributed by atoms with van der Waals surface area (Å²) in [7, 11) is -0.482. The third-order valence-electron chi connectivity index (χ3n) is 1.58. The van der Waals surface area contributed by atoms with Crippen LogP contribution in [0.1, 0.15) is 5.56 Å². The van der Waals surface area contributed by atoms with Crippen molar-refractivity contribution in [2.24, 2.45) is 0 Å². The van der Waals surface area contributed by atoms with E-state index in [0.29, 0.717) is 6.07 Å². The average Bonchev–Trinajstić information content (AvgIpc) is 2.02. The zero-order valence-electron chi connectivity index (χ0n) is 6.47. The van der Waals surface area contributed by atoms with E-state index < -0.39 is 25.0 Å². The maximum atomic E-state index is 12.0. The largest absolute Gasteiger partial charge is 0.508 e. The van der Waals surface area contributed by atoms with Crippen LogP contribution in [0.2, 0.25) is 0 Å². The maximum Gasteiger partial charge on any atom is 0.416 e. The molecule has 0 aliphatic carbocycles. The predicted octanol–water partition coefficient (Wildman–Crippen LogP) is 0.380. The Morgan fingerprint density at radius 3 is 2.23 bits per heavy atom. The van der Waals surface area contributed by atoms with Crippen molar-refractivity contribution in [3.63, 3.8) is 0 Å². The molecule has 0 radical (unpaired) electrons. The Bertz CT molecular complexity index is 311. The van der Waals surface area contributed by atoms with Crippen molar-refractivity contribution >= 4 is 12.9 Å². The molecular formula is C7H6BF3O2. The van der Waals surface area contributed by atoms with Gasteiger partial charge in [0.05, 0.1) is 5.56 Å². The first kappa shape index (κ1) is 9.92. The van der Waals surface area contributed by atoms with Crippen molar-refractivity contribution in [3.8, 4) is 5.75 Å². The summed E-state index contributed by atoms with van der Waals surface area (Å²) in [6.45, 7) is 0. The molecule has 0 amide bonds. The molecule has 0 heterocycles. The van der Waals surface area contributed by atoms with Gasteiger partial charge < -0.3 is 10.1 Å². The van der Waals surface area contributed by atoms with E-state index in [1.165, 1.54) is 0 Å². The summed E-state index contributed by atoms with van der Waals surface area (Å²) in [5.41, 5.74) is -0.852. The molecule has 2 N–H and O–H groups in total. The quantitative estimate of drug-likeness (QED) is 0.628. The van der Waals surface area contributed by atoms with Gasteiger partial charge in [-0.2, -0.15) is 13.2 Å². The summed E-state index contributed by atoms with van der Waals surface area (Å²) < 4.78 is 36.1. The number of phenolic OH excluding ortho intramolecular Hbond substituents is 1. The summed E-state index contributed by atoms with van der Waals surface area (Å²) in [6, 6.07) is 2.44. The van der Waals surface area contributed by atoms with Gasteiger partial charge >= 0.3 is 13.7 Å². The third kappa shape index (κ3) is 2.15. The van der Waals surface area contributed by atoms with Crippen LogP contribution in [0.15, 0.2) is 18.2 Å². The minimum absolute atomic E-state index is 0.0769. The summed E-state index contributed by atoms with van der Waals surface area (Å²) in [6.07, 6.45) is -4.47. The van der Waals surface area contributed by atoms with Crippen LogP contribution in [-0.4, -0.2) is 17.6 Å². The first-order valence-corrected chi connectivity index (χ1v) is 3.45. The minimum Gasteiger partial charge on any atom is -0.508 e. The predicted molar refractivity (Wildman–Crippen MR) is 42.1 cm³/mol. The summed E-state index contributed by atoms with van der Waals surface area (Å²) in [4.78, 5) is 0. The van der Waals surface area contributed by atoms with E-state index in [9.17, 15) is 13.2 Å². The van der Waals surface area contributed by atoms with Gasteiger partial charge in [-0.3, -0.25) is 0 Å². The van der Waals surface area contributed by atoms with Crippen molar-refractivity contribution in [2.45, 2.75) is 6.18 Å². The lowest BCUT2D eigenvalue weighted by Crippen LogP contribution is -2.15. The van der Waals surface area contributed by atoms with Crippen LogP contribution in [-0.2, 0) is 6.18 Å². The maximum absolute atomic E-state index is 12.0. The lowest BCUT2D eigenvalue weighted by atomic mass is 9.87. The number of rotatable bonds is 1. The molecule has 6 heteroatoms. The van der Waals surface area contributed by atoms with Crippen LogP contribution in [0.5, 0.6) is 5.75 Å². The van der Waals surface area contributed by atoms with Crippen molar-refractivity contribution in [2.75, 3.05) is 0 Å². The van der Waals surface area contributed by atoms with E-state index in [-0.39, 0.29) is 5.46 Å². The highest BCUT2D eigenvalue weighted by atomic mass is 19.4. The second kappa shape index (κ2) is 3.29. The van der Waals surface area contributed by atoms with Gasteiger partial charge in [-0.05, 0) is 11.5 Å². The molecule has 0 bridgehead atoms. The van der Waals surface area contributed by atoms with Gasteiger partial charge in [0.15, 0.2) is 0 Å². The molecule has 0 saturated heterocycles. The molecule has 0 aliphatic heterocycles. The Labute approximate surface area is 72.9 Å². The van der Waals surface area contributed by atoms with E-state index in [1.807, 2.05) is 0 Å². The van der Waals surface area contributed by atoms with Gasteiger partial charge in [0.1, 0.15) is 5.75 Å². The molecule has 2 nitrogen and oxygen atoms in total. The van der Waals surface area contributed by atoms with E-state index >= 15 is 0 Å². The Balaban J connectivity index is 3.10. The number of alkyl halides is 3. The van der Waals surface area contributed by atoms with Crippen molar-refractivity contribution in [1.29, 1.82) is 0 Å². The van der Waals surface area contributed by atoms with E-state index in [2.05, 4.69) is 0 Å². The Hall–Kier alpha value is -1.17. The lowest BCUT2D eigenvalue weighted by Gasteiger charge is -2.07. The Morgan fingerprint density at radius 1 is 1.23 bits per heavy atom. The molecule has 13 heavy (non-hydrogen) atoms. The van der Waals surface area contributed by atoms with Gasteiger partial charge in [0.25, 0.3) is 0 Å². The molecule has 0 unspecified atom stereocenters. The first-order chi connectivity index (χ1) is 5.95. The second-order valence-corrected chi connectivity index (χ2v) is 2.50. The normalized spacial score (nSPS) is 11.4. The highest BCUT2D eigenvalue weighted by Gasteiger charge is 2.30. The number of benzene rings is 1. The summed E-state index contributed by atoms with van der Waals surface area (Å²) >= 11 is 0. The molecule has 1 aromatic rings. The molecule has 1 aromatic carbocycles. The lowest BCUT2D eigenvalue weighted by molar-refractivity contribution is -0.137. The van der Waals surface area contributed by atoms with Gasteiger partial charge in [0, 0.05) is 0 Å². The number of aromatic hydroxyl groups is 1. The van der Waals surface area contributed by atoms with Crippen LogP contribution in [0.25, 0.3) is 0 Å². The van der Waals surface area contributed by atoms with Crippen molar-refractivity contribution in [3.05, 3.63) is 23.8 Å². The van der Waals surface area contributed by atoms with Crippen molar-refractivity contribution < 1.29 is 23.3 Å². The van der Waals surface area contributed by atoms with Crippen LogP contribution >= 0.6 is 0 Å². The third-order valence-corrected chi connectivity index (χ3v) is 1.58. The fourth-order valence-electron chi connectivity index (χ4n) is 0.874. The van der Waals surface area contributed by atoms with Gasteiger partial charge in [0.2, 0.25) is 0 Å². The number of hydrogen-bond acceptors (Lipinski definition) is 2. The Kier molecular flexibility index (Phi) is 2.51. The zero-order chi connectivity index (χ0) is 10.1. The van der Waals surface area contributed by atoms with Crippen LogP contribution in [0, 0.1) is 0 Å². The SMILES string of the molecule is OBc1ccc(C(F)(F)F)cc1O. The van der Waals surface area contributed by atoms with Gasteiger partial charge in [-0.1, -0.05) is 12.1 Å². The van der Waals surface area contributed by atoms with Gasteiger partial charge in [-0.25, -0.2) is 0 Å². The molecule has 0 spiro atoms. The topological polar surface area (TPSA) is 40.5 Å². The molecule has 0 fully saturated rings. The van der Waals surface area contributed by atoms with E-state index in [1.54, 1.807) is 0 Å². The highest BCUT2D eigenvalue weighted by Crippen LogP contribution is 2.30. The highest BCUT2D eigenvalue weighted by molar-refractivity contribution is 6.46. The standard InChI is InChI=1S/C7H6BF3O2/c9-7(10,11)4-1-2-5(8-13)6(12)3-4/h1-3,8,12-13H.